The lowest BCUT2D eigenvalue weighted by Crippen LogP contribution is -2.26. The number of nitrogens with zero attached hydrogens (tertiary/aromatic N) is 4. The van der Waals surface area contributed by atoms with Crippen LogP contribution >= 0.6 is 11.8 Å². The van der Waals surface area contributed by atoms with Gasteiger partial charge in [-0.25, -0.2) is 14.4 Å². The number of halogens is 1. The van der Waals surface area contributed by atoms with Crippen LogP contribution in [0.15, 0.2) is 47.0 Å². The van der Waals surface area contributed by atoms with Gasteiger partial charge in [0, 0.05) is 35.6 Å². The summed E-state index contributed by atoms with van der Waals surface area (Å²) in [5, 5.41) is 30.1. The van der Waals surface area contributed by atoms with Gasteiger partial charge in [0.05, 0.1) is 11.8 Å². The Labute approximate surface area is 248 Å². The van der Waals surface area contributed by atoms with Crippen molar-refractivity contribution < 1.29 is 4.39 Å². The van der Waals surface area contributed by atoms with Gasteiger partial charge in [0.2, 0.25) is 0 Å². The fraction of sp³-hybridized carbons (Fsp3) is 0.531. The number of hydrogen-bond donors (Lipinski definition) is 3. The molecule has 3 N–H and O–H groups in total. The molecular weight excluding hydrogens is 533 g/mol. The zero-order valence-electron chi connectivity index (χ0n) is 24.5. The van der Waals surface area contributed by atoms with Gasteiger partial charge >= 0.3 is 0 Å². The van der Waals surface area contributed by atoms with Gasteiger partial charge < -0.3 is 21.0 Å². The van der Waals surface area contributed by atoms with Crippen molar-refractivity contribution in [3.8, 4) is 6.07 Å². The standard InChI is InChI=1S/C32H42FN7S/c1-5-9-24(30(36)25-11-7-12-27-29(25)26(19-34)31(33)41-27)20(3)32-38-22(13-14-23-10-8-17-40(23)4)18-28(39-32)37-16-15-21(35)6-2/h6,15-16,18,23,25-26,31,35-36H,2,5,7-14,17H2,1,3-4H3,(H,37,38,39)/b16-15-,24-20+,35-21?,36-30?/t23-,25?,26?,31?/m0/s1. The van der Waals surface area contributed by atoms with Crippen LogP contribution in [0.4, 0.5) is 10.2 Å². The molecule has 218 valence electrons. The lowest BCUT2D eigenvalue weighted by Gasteiger charge is -2.28. The fourth-order valence-corrected chi connectivity index (χ4v) is 7.46. The number of aromatic nitrogens is 2. The largest absolute Gasteiger partial charge is 0.346 e. The zero-order chi connectivity index (χ0) is 29.5. The molecule has 3 aliphatic rings. The first-order valence-corrected chi connectivity index (χ1v) is 15.6. The van der Waals surface area contributed by atoms with E-state index < -0.39 is 11.4 Å². The molecule has 4 rings (SSSR count). The second kappa shape index (κ2) is 14.2. The number of alkyl halides is 1. The van der Waals surface area contributed by atoms with Crippen molar-refractivity contribution in [2.45, 2.75) is 83.2 Å². The summed E-state index contributed by atoms with van der Waals surface area (Å²) >= 11 is 1.18. The molecule has 0 spiro atoms. The van der Waals surface area contributed by atoms with E-state index in [2.05, 4.69) is 36.8 Å². The Morgan fingerprint density at radius 2 is 2.12 bits per heavy atom. The third kappa shape index (κ3) is 7.22. The van der Waals surface area contributed by atoms with E-state index in [0.717, 1.165) is 72.4 Å². The Morgan fingerprint density at radius 1 is 1.32 bits per heavy atom. The quantitative estimate of drug-likeness (QED) is 0.223. The molecule has 2 aliphatic heterocycles. The summed E-state index contributed by atoms with van der Waals surface area (Å²) in [6, 6.07) is 4.69. The Bertz CT molecular complexity index is 1310. The molecule has 0 bridgehead atoms. The normalized spacial score (nSPS) is 25.1. The number of aryl methyl sites for hydroxylation is 1. The van der Waals surface area contributed by atoms with E-state index in [-0.39, 0.29) is 5.92 Å². The third-order valence-electron chi connectivity index (χ3n) is 8.45. The number of rotatable bonds is 12. The molecular formula is C32H42FN7S. The van der Waals surface area contributed by atoms with Crippen LogP contribution in [-0.4, -0.2) is 51.4 Å². The summed E-state index contributed by atoms with van der Waals surface area (Å²) in [4.78, 5) is 13.2. The number of likely N-dealkylation sites (tertiary alicyclic amines) is 1. The van der Waals surface area contributed by atoms with E-state index in [4.69, 9.17) is 15.4 Å². The molecule has 1 aromatic heterocycles. The molecule has 1 fully saturated rings. The molecule has 9 heteroatoms. The number of thioether (sulfide) groups is 1. The van der Waals surface area contributed by atoms with Crippen molar-refractivity contribution >= 4 is 34.6 Å². The summed E-state index contributed by atoms with van der Waals surface area (Å²) in [5.41, 5.74) is 3.03. The summed E-state index contributed by atoms with van der Waals surface area (Å²) in [7, 11) is 2.18. The molecule has 0 radical (unpaired) electrons. The highest BCUT2D eigenvalue weighted by Gasteiger charge is 2.43. The maximum absolute atomic E-state index is 14.7. The first-order valence-electron chi connectivity index (χ1n) is 14.7. The van der Waals surface area contributed by atoms with Crippen molar-refractivity contribution in [2.75, 3.05) is 18.9 Å². The summed E-state index contributed by atoms with van der Waals surface area (Å²) in [5.74, 6) is 0.184. The van der Waals surface area contributed by atoms with E-state index >= 15 is 0 Å². The lowest BCUT2D eigenvalue weighted by atomic mass is 9.75. The first-order chi connectivity index (χ1) is 19.8. The van der Waals surface area contributed by atoms with Crippen LogP contribution in [0.2, 0.25) is 0 Å². The second-order valence-corrected chi connectivity index (χ2v) is 12.4. The highest BCUT2D eigenvalue weighted by Crippen LogP contribution is 2.52. The number of nitriles is 1. The van der Waals surface area contributed by atoms with Crippen molar-refractivity contribution in [1.29, 1.82) is 16.1 Å². The molecule has 3 unspecified atom stereocenters. The fourth-order valence-electron chi connectivity index (χ4n) is 6.18. The minimum absolute atomic E-state index is 0.250. The smallest absolute Gasteiger partial charge is 0.169 e. The SMILES string of the molecule is C=CC(=N)/C=C\Nc1cc(CC[C@@H]2CCCN2C)nc(/C(C)=C(\CCC)C(=N)C2CCCC3=C2C(C#N)C(F)S3)n1. The van der Waals surface area contributed by atoms with Crippen LogP contribution in [-0.2, 0) is 6.42 Å². The van der Waals surface area contributed by atoms with Gasteiger partial charge in [-0.15, -0.1) is 0 Å². The number of anilines is 1. The van der Waals surface area contributed by atoms with Gasteiger partial charge in [-0.2, -0.15) is 5.26 Å². The number of hydrogen-bond acceptors (Lipinski definition) is 8. The molecule has 1 aliphatic carbocycles. The Balaban J connectivity index is 1.69. The van der Waals surface area contributed by atoms with Gasteiger partial charge in [-0.05, 0) is 106 Å². The van der Waals surface area contributed by atoms with Gasteiger partial charge in [0.25, 0.3) is 0 Å². The molecule has 1 aromatic rings. The van der Waals surface area contributed by atoms with Crippen molar-refractivity contribution in [2.24, 2.45) is 11.8 Å². The number of nitrogens with one attached hydrogen (secondary N) is 3. The van der Waals surface area contributed by atoms with Crippen LogP contribution in [0.3, 0.4) is 0 Å². The summed E-state index contributed by atoms with van der Waals surface area (Å²) < 4.78 is 14.7. The third-order valence-corrected chi connectivity index (χ3v) is 9.67. The van der Waals surface area contributed by atoms with Crippen LogP contribution in [0.1, 0.15) is 76.7 Å². The topological polar surface area (TPSA) is 113 Å². The Morgan fingerprint density at radius 3 is 2.80 bits per heavy atom. The molecule has 0 amide bonds. The first kappa shape index (κ1) is 30.9. The average Bonchev–Trinajstić information content (AvgIpc) is 3.54. The minimum atomic E-state index is -1.25. The summed E-state index contributed by atoms with van der Waals surface area (Å²) in [6.07, 6.45) is 13.0. The zero-order valence-corrected chi connectivity index (χ0v) is 25.3. The Hall–Kier alpha value is -3.09. The van der Waals surface area contributed by atoms with Crippen molar-refractivity contribution in [3.63, 3.8) is 0 Å². The van der Waals surface area contributed by atoms with Crippen molar-refractivity contribution in [1.82, 2.24) is 14.9 Å². The molecule has 41 heavy (non-hydrogen) atoms. The van der Waals surface area contributed by atoms with Crippen molar-refractivity contribution in [3.05, 3.63) is 58.6 Å². The van der Waals surface area contributed by atoms with Gasteiger partial charge in [0.1, 0.15) is 11.7 Å². The lowest BCUT2D eigenvalue weighted by molar-refractivity contribution is 0.296. The van der Waals surface area contributed by atoms with Crippen LogP contribution < -0.4 is 5.32 Å². The molecule has 0 saturated carbocycles. The predicted octanol–water partition coefficient (Wildman–Crippen LogP) is 7.46. The maximum Gasteiger partial charge on any atom is 0.169 e. The van der Waals surface area contributed by atoms with E-state index in [0.29, 0.717) is 35.5 Å². The number of allylic oxidation sites excluding steroid dienone is 6. The van der Waals surface area contributed by atoms with E-state index in [9.17, 15) is 15.1 Å². The highest BCUT2D eigenvalue weighted by atomic mass is 32.2. The second-order valence-electron chi connectivity index (χ2n) is 11.2. The highest BCUT2D eigenvalue weighted by molar-refractivity contribution is 8.03. The van der Waals surface area contributed by atoms with Gasteiger partial charge in [-0.1, -0.05) is 31.7 Å². The van der Waals surface area contributed by atoms with E-state index in [1.54, 1.807) is 12.3 Å². The molecule has 4 atom stereocenters. The molecule has 3 heterocycles. The van der Waals surface area contributed by atoms with Gasteiger partial charge in [0.15, 0.2) is 11.3 Å². The summed E-state index contributed by atoms with van der Waals surface area (Å²) in [6.45, 7) is 8.83. The van der Waals surface area contributed by atoms with Crippen LogP contribution in [0, 0.1) is 34.0 Å². The average molecular weight is 576 g/mol. The molecule has 0 aromatic carbocycles. The van der Waals surface area contributed by atoms with Crippen LogP contribution in [0.25, 0.3) is 5.57 Å². The minimum Gasteiger partial charge on any atom is -0.346 e. The maximum atomic E-state index is 14.7. The Kier molecular flexibility index (Phi) is 10.7. The predicted molar refractivity (Wildman–Crippen MR) is 168 cm³/mol. The van der Waals surface area contributed by atoms with Gasteiger partial charge in [-0.3, -0.25) is 0 Å². The van der Waals surface area contributed by atoms with E-state index in [1.165, 1.54) is 30.7 Å². The van der Waals surface area contributed by atoms with E-state index in [1.807, 2.05) is 13.0 Å². The molecule has 1 saturated heterocycles. The van der Waals surface area contributed by atoms with Crippen LogP contribution in [0.5, 0.6) is 0 Å². The molecule has 7 nitrogen and oxygen atoms in total. The monoisotopic (exact) mass is 575 g/mol.